The van der Waals surface area contributed by atoms with Gasteiger partial charge >= 0.3 is 0 Å². The maximum absolute atomic E-state index is 14.1. The fraction of sp³-hybridized carbons (Fsp3) is 0.317. The molecule has 252 valence electrons. The van der Waals surface area contributed by atoms with E-state index in [1.807, 2.05) is 48.8 Å². The second kappa shape index (κ2) is 11.9. The zero-order valence-corrected chi connectivity index (χ0v) is 28.4. The van der Waals surface area contributed by atoms with E-state index in [-0.39, 0.29) is 11.9 Å². The number of benzene rings is 3. The number of imidazole rings is 1. The van der Waals surface area contributed by atoms with Gasteiger partial charge in [-0.25, -0.2) is 4.98 Å². The Morgan fingerprint density at radius 3 is 2.64 bits per heavy atom. The topological polar surface area (TPSA) is 108 Å². The molecule has 5 heterocycles. The van der Waals surface area contributed by atoms with Crippen LogP contribution < -0.4 is 10.5 Å². The first-order valence-corrected chi connectivity index (χ1v) is 17.7. The maximum atomic E-state index is 14.1. The molecule has 2 amide bonds. The monoisotopic (exact) mass is 664 g/mol. The highest BCUT2D eigenvalue weighted by molar-refractivity contribution is 6.01. The van der Waals surface area contributed by atoms with Gasteiger partial charge in [0.1, 0.15) is 11.3 Å². The summed E-state index contributed by atoms with van der Waals surface area (Å²) in [4.78, 5) is 38.7. The zero-order chi connectivity index (χ0) is 34.1. The van der Waals surface area contributed by atoms with Gasteiger partial charge in [-0.05, 0) is 109 Å². The molecule has 50 heavy (non-hydrogen) atoms. The lowest BCUT2D eigenvalue weighted by Gasteiger charge is -2.27. The Bertz CT molecular complexity index is 2340. The van der Waals surface area contributed by atoms with E-state index in [1.54, 1.807) is 7.11 Å². The molecule has 2 N–H and O–H groups in total. The van der Waals surface area contributed by atoms with Crippen molar-refractivity contribution in [2.75, 3.05) is 13.7 Å². The van der Waals surface area contributed by atoms with Gasteiger partial charge in [-0.2, -0.15) is 0 Å². The number of hydrogen-bond donors (Lipinski definition) is 1. The molecule has 4 bridgehead atoms. The summed E-state index contributed by atoms with van der Waals surface area (Å²) in [6, 6.07) is 22.7. The molecule has 9 heteroatoms. The minimum absolute atomic E-state index is 0.0383. The number of rotatable bonds is 3. The van der Waals surface area contributed by atoms with Crippen molar-refractivity contribution in [1.82, 2.24) is 24.0 Å². The van der Waals surface area contributed by atoms with Crippen LogP contribution in [0.1, 0.15) is 64.4 Å². The van der Waals surface area contributed by atoms with Crippen molar-refractivity contribution in [3.8, 4) is 28.4 Å². The molecule has 2 fully saturated rings. The van der Waals surface area contributed by atoms with Crippen LogP contribution in [0, 0.1) is 11.8 Å². The molecule has 3 aromatic carbocycles. The molecule has 2 unspecified atom stereocenters. The highest BCUT2D eigenvalue weighted by atomic mass is 16.5. The molecule has 3 aliphatic rings. The zero-order valence-electron chi connectivity index (χ0n) is 28.4. The van der Waals surface area contributed by atoms with Crippen LogP contribution in [0.5, 0.6) is 5.75 Å². The van der Waals surface area contributed by atoms with E-state index in [0.717, 1.165) is 83.4 Å². The van der Waals surface area contributed by atoms with E-state index in [2.05, 4.69) is 56.3 Å². The molecule has 0 radical (unpaired) electrons. The number of methoxy groups -OCH3 is 1. The first-order valence-electron chi connectivity index (χ1n) is 17.7. The van der Waals surface area contributed by atoms with Crippen LogP contribution in [0.2, 0.25) is 0 Å². The van der Waals surface area contributed by atoms with Crippen LogP contribution >= 0.6 is 0 Å². The maximum Gasteiger partial charge on any atom is 0.254 e. The lowest BCUT2D eigenvalue weighted by Crippen LogP contribution is -2.38. The van der Waals surface area contributed by atoms with Crippen LogP contribution in [0.3, 0.4) is 0 Å². The normalized spacial score (nSPS) is 20.0. The summed E-state index contributed by atoms with van der Waals surface area (Å²) >= 11 is 0. The highest BCUT2D eigenvalue weighted by Gasteiger charge is 2.46. The lowest BCUT2D eigenvalue weighted by molar-refractivity contribution is 0.0695. The number of nitrogens with two attached hydrogens (primary N) is 1. The van der Waals surface area contributed by atoms with E-state index in [0.29, 0.717) is 40.8 Å². The van der Waals surface area contributed by atoms with Crippen molar-refractivity contribution in [1.29, 1.82) is 0 Å². The first-order chi connectivity index (χ1) is 24.4. The van der Waals surface area contributed by atoms with Crippen LogP contribution in [0.25, 0.3) is 44.6 Å². The molecule has 3 aromatic heterocycles. The molecule has 3 atom stereocenters. The number of hydrogen-bond acceptors (Lipinski definition) is 5. The second-order valence-corrected chi connectivity index (χ2v) is 14.3. The fourth-order valence-electron chi connectivity index (χ4n) is 8.96. The van der Waals surface area contributed by atoms with Crippen molar-refractivity contribution in [2.24, 2.45) is 17.6 Å². The van der Waals surface area contributed by atoms with Crippen molar-refractivity contribution < 1.29 is 14.3 Å². The van der Waals surface area contributed by atoms with Crippen LogP contribution in [-0.2, 0) is 19.5 Å². The number of pyridine rings is 1. The van der Waals surface area contributed by atoms with E-state index < -0.39 is 5.91 Å². The number of carbonyl (C=O) groups excluding carboxylic acids is 2. The van der Waals surface area contributed by atoms with Gasteiger partial charge in [0.2, 0.25) is 5.91 Å². The molecule has 9 rings (SSSR count). The molecule has 1 saturated carbocycles. The van der Waals surface area contributed by atoms with Crippen LogP contribution in [-0.4, -0.2) is 55.5 Å². The summed E-state index contributed by atoms with van der Waals surface area (Å²) in [5.74, 6) is 2.01. The third-order valence-electron chi connectivity index (χ3n) is 11.5. The highest BCUT2D eigenvalue weighted by Crippen LogP contribution is 2.44. The SMILES string of the molecule is COc1cc(C(=O)N2CC3CCC2[C@@H]3C)cc2nc3n(c12)Cc1cc(C(N)=O)cc(c1)-c1ccccc1CCCCn1c-3cc2ccncc21. The Balaban J connectivity index is 1.28. The van der Waals surface area contributed by atoms with Crippen LogP contribution in [0.4, 0.5) is 0 Å². The number of aryl methyl sites for hydroxylation is 2. The molecule has 1 saturated heterocycles. The number of carbonyl (C=O) groups is 2. The Hall–Kier alpha value is -5.44. The van der Waals surface area contributed by atoms with Crippen molar-refractivity contribution >= 4 is 33.8 Å². The number of fused-ring (bicyclic) bond motifs is 13. The summed E-state index contributed by atoms with van der Waals surface area (Å²) in [5.41, 5.74) is 14.7. The molecule has 9 nitrogen and oxygen atoms in total. The molecular formula is C41H40N6O3. The van der Waals surface area contributed by atoms with Gasteiger partial charge in [0.05, 0.1) is 30.0 Å². The molecule has 2 aliphatic heterocycles. The number of nitrogens with zero attached hydrogens (tertiary/aromatic N) is 5. The van der Waals surface area contributed by atoms with E-state index >= 15 is 0 Å². The van der Waals surface area contributed by atoms with Gasteiger partial charge in [-0.3, -0.25) is 14.6 Å². The number of ether oxygens (including phenoxy) is 1. The number of likely N-dealkylation sites (tertiary alicyclic amines) is 1. The minimum Gasteiger partial charge on any atom is -0.494 e. The third kappa shape index (κ3) is 4.89. The molecular weight excluding hydrogens is 624 g/mol. The number of aromatic nitrogens is 4. The Morgan fingerprint density at radius 1 is 0.960 bits per heavy atom. The van der Waals surface area contributed by atoms with Gasteiger partial charge in [-0.1, -0.05) is 31.2 Å². The molecule has 6 aromatic rings. The number of amides is 2. The number of piperidine rings is 1. The van der Waals surface area contributed by atoms with Gasteiger partial charge < -0.3 is 24.5 Å². The van der Waals surface area contributed by atoms with Gasteiger partial charge in [0.15, 0.2) is 5.82 Å². The number of primary amides is 1. The van der Waals surface area contributed by atoms with Crippen LogP contribution in [0.15, 0.2) is 79.1 Å². The lowest BCUT2D eigenvalue weighted by atomic mass is 9.93. The smallest absolute Gasteiger partial charge is 0.254 e. The van der Waals surface area contributed by atoms with Gasteiger partial charge in [0.25, 0.3) is 5.91 Å². The van der Waals surface area contributed by atoms with E-state index in [4.69, 9.17) is 15.5 Å². The van der Waals surface area contributed by atoms with Crippen molar-refractivity contribution in [3.05, 3.63) is 101 Å². The standard InChI is InChI=1S/C41H40N6O3/c1-24-28-10-11-34(24)46(23-28)41(49)31-18-33-38(37(20-31)50-2)47-22-25-15-29(17-30(16-25)39(42)48)32-9-4-3-7-26(32)8-5-6-14-45-35(40(47)44-33)19-27-12-13-43-21-36(27)45/h3-4,7,9,12-13,15-21,24,28,34H,5-6,8,10-11,14,22-23H2,1-2H3,(H2,42,48)/t24-,28?,34?/m1/s1. The largest absolute Gasteiger partial charge is 0.494 e. The summed E-state index contributed by atoms with van der Waals surface area (Å²) < 4.78 is 10.6. The Kier molecular flexibility index (Phi) is 7.26. The minimum atomic E-state index is -0.472. The van der Waals surface area contributed by atoms with Crippen molar-refractivity contribution in [2.45, 2.75) is 58.2 Å². The third-order valence-corrected chi connectivity index (χ3v) is 11.5. The summed E-state index contributed by atoms with van der Waals surface area (Å²) in [5, 5.41) is 1.09. The molecule has 1 aliphatic carbocycles. The van der Waals surface area contributed by atoms with E-state index in [1.165, 1.54) is 12.0 Å². The van der Waals surface area contributed by atoms with Gasteiger partial charge in [-0.15, -0.1) is 0 Å². The predicted octanol–water partition coefficient (Wildman–Crippen LogP) is 7.08. The van der Waals surface area contributed by atoms with Crippen molar-refractivity contribution in [3.63, 3.8) is 0 Å². The Morgan fingerprint density at radius 2 is 1.84 bits per heavy atom. The quantitative estimate of drug-likeness (QED) is 0.218. The first kappa shape index (κ1) is 30.6. The summed E-state index contributed by atoms with van der Waals surface area (Å²) in [7, 11) is 1.65. The fourth-order valence-corrected chi connectivity index (χ4v) is 8.96. The summed E-state index contributed by atoms with van der Waals surface area (Å²) in [6.45, 7) is 4.28. The Labute approximate surface area is 290 Å². The molecule has 0 spiro atoms. The van der Waals surface area contributed by atoms with E-state index in [9.17, 15) is 9.59 Å². The average molecular weight is 665 g/mol. The summed E-state index contributed by atoms with van der Waals surface area (Å²) in [6.07, 6.45) is 8.84. The predicted molar refractivity (Wildman–Crippen MR) is 194 cm³/mol. The van der Waals surface area contributed by atoms with Gasteiger partial charge in [0, 0.05) is 48.4 Å². The average Bonchev–Trinajstić information content (AvgIpc) is 3.88. The second-order valence-electron chi connectivity index (χ2n) is 14.3.